The van der Waals surface area contributed by atoms with Crippen LogP contribution in [-0.4, -0.2) is 37.2 Å². The fraction of sp³-hybridized carbons (Fsp3) is 0.429. The van der Waals surface area contributed by atoms with Gasteiger partial charge in [0, 0.05) is 5.56 Å². The molecule has 2 N–H and O–H groups in total. The molecule has 1 aromatic rings. The molecule has 1 amide bonds. The molecular weight excluding hydrogens is 332 g/mol. The fourth-order valence-electron chi connectivity index (χ4n) is 1.79. The van der Waals surface area contributed by atoms with Crippen molar-refractivity contribution in [3.05, 3.63) is 35.4 Å². The molecule has 9 heteroatoms. The van der Waals surface area contributed by atoms with Crippen LogP contribution in [0.3, 0.4) is 0 Å². The summed E-state index contributed by atoms with van der Waals surface area (Å²) < 4.78 is 46.8. The van der Waals surface area contributed by atoms with Gasteiger partial charge in [-0.05, 0) is 23.6 Å². The molecule has 0 unspecified atom stereocenters. The highest BCUT2D eigenvalue weighted by atomic mass is 32.2. The van der Waals surface area contributed by atoms with E-state index in [0.717, 1.165) is 0 Å². The summed E-state index contributed by atoms with van der Waals surface area (Å²) in [6.45, 7) is 3.27. The van der Waals surface area contributed by atoms with Gasteiger partial charge in [-0.25, -0.2) is 13.2 Å². The summed E-state index contributed by atoms with van der Waals surface area (Å²) in [7, 11) is -4.54. The minimum atomic E-state index is -4.54. The highest BCUT2D eigenvalue weighted by molar-refractivity contribution is 7.90. The predicted octanol–water partition coefficient (Wildman–Crippen LogP) is 1.66. The van der Waals surface area contributed by atoms with Gasteiger partial charge in [-0.1, -0.05) is 26.0 Å². The molecule has 0 saturated heterocycles. The molecule has 1 rings (SSSR count). The molecule has 1 aromatic carbocycles. The highest BCUT2D eigenvalue weighted by Crippen LogP contribution is 2.14. The largest absolute Gasteiger partial charge is 0.480 e. The summed E-state index contributed by atoms with van der Waals surface area (Å²) in [5, 5.41) is 11.4. The van der Waals surface area contributed by atoms with Gasteiger partial charge in [0.05, 0.1) is 5.75 Å². The number of carbonyl (C=O) groups excluding carboxylic acids is 1. The lowest BCUT2D eigenvalue weighted by Crippen LogP contribution is -2.44. The lowest BCUT2D eigenvalue weighted by atomic mass is 10.0. The zero-order valence-corrected chi connectivity index (χ0v) is 13.3. The molecule has 0 aliphatic rings. The Balaban J connectivity index is 2.84. The quantitative estimate of drug-likeness (QED) is 0.780. The van der Waals surface area contributed by atoms with Gasteiger partial charge in [-0.15, -0.1) is 0 Å². The van der Waals surface area contributed by atoms with Crippen molar-refractivity contribution in [2.75, 3.05) is 0 Å². The second-order valence-corrected chi connectivity index (χ2v) is 7.27. The maximum Gasteiger partial charge on any atom is 0.337 e. The molecule has 0 aromatic heterocycles. The van der Waals surface area contributed by atoms with Crippen molar-refractivity contribution in [3.8, 4) is 0 Å². The third-order valence-electron chi connectivity index (χ3n) is 3.07. The lowest BCUT2D eigenvalue weighted by molar-refractivity contribution is -0.140. The molecule has 0 aliphatic carbocycles. The third-order valence-corrected chi connectivity index (χ3v) is 4.35. The number of halogens is 2. The number of hydrogen-bond acceptors (Lipinski definition) is 4. The summed E-state index contributed by atoms with van der Waals surface area (Å²) in [5.74, 6) is -6.45. The van der Waals surface area contributed by atoms with E-state index in [1.807, 2.05) is 0 Å². The van der Waals surface area contributed by atoms with Crippen LogP contribution in [-0.2, 0) is 20.4 Å². The minimum Gasteiger partial charge on any atom is -0.480 e. The zero-order valence-electron chi connectivity index (χ0n) is 12.5. The molecule has 6 nitrogen and oxygen atoms in total. The molecule has 0 fully saturated rings. The Hall–Kier alpha value is -2.03. The minimum absolute atomic E-state index is 0.107. The second-order valence-electron chi connectivity index (χ2n) is 5.30. The van der Waals surface area contributed by atoms with Gasteiger partial charge in [0.2, 0.25) is 9.84 Å². The second kappa shape index (κ2) is 7.49. The maximum absolute atomic E-state index is 12.3. The molecule has 0 heterocycles. The van der Waals surface area contributed by atoms with E-state index >= 15 is 0 Å². The smallest absolute Gasteiger partial charge is 0.337 e. The van der Waals surface area contributed by atoms with Gasteiger partial charge in [0.1, 0.15) is 6.04 Å². The van der Waals surface area contributed by atoms with Crippen molar-refractivity contribution in [1.29, 1.82) is 0 Å². The van der Waals surface area contributed by atoms with Crippen LogP contribution in [0, 0.1) is 5.92 Å². The Labute approximate surface area is 132 Å². The number of carboxylic acid groups (broad SMARTS) is 1. The van der Waals surface area contributed by atoms with Gasteiger partial charge < -0.3 is 10.4 Å². The van der Waals surface area contributed by atoms with E-state index in [1.54, 1.807) is 13.8 Å². The predicted molar refractivity (Wildman–Crippen MR) is 78.8 cm³/mol. The van der Waals surface area contributed by atoms with Crippen LogP contribution >= 0.6 is 0 Å². The molecule has 0 spiro atoms. The van der Waals surface area contributed by atoms with Crippen molar-refractivity contribution in [2.24, 2.45) is 5.92 Å². The first-order valence-corrected chi connectivity index (χ1v) is 8.38. The summed E-state index contributed by atoms with van der Waals surface area (Å²) in [6, 6.07) is 3.91. The monoisotopic (exact) mass is 349 g/mol. The van der Waals surface area contributed by atoms with Gasteiger partial charge in [-0.2, -0.15) is 8.78 Å². The molecule has 0 radical (unpaired) electrons. The van der Waals surface area contributed by atoms with E-state index in [-0.39, 0.29) is 17.0 Å². The van der Waals surface area contributed by atoms with E-state index in [2.05, 4.69) is 5.32 Å². The lowest BCUT2D eigenvalue weighted by Gasteiger charge is -2.17. The SMILES string of the molecule is CC(C)[C@H](NC(=O)c1ccc(CS(=O)(=O)C(F)F)cc1)C(=O)O. The van der Waals surface area contributed by atoms with Crippen LogP contribution in [0.1, 0.15) is 29.8 Å². The van der Waals surface area contributed by atoms with Crippen LogP contribution in [0.25, 0.3) is 0 Å². The van der Waals surface area contributed by atoms with E-state index < -0.39 is 39.3 Å². The standard InChI is InChI=1S/C14H17F2NO5S/c1-8(2)11(13(19)20)17-12(18)10-5-3-9(4-6-10)7-23(21,22)14(15)16/h3-6,8,11,14H,7H2,1-2H3,(H,17,18)(H,19,20)/t11-/m0/s1. The van der Waals surface area contributed by atoms with Crippen molar-refractivity contribution in [2.45, 2.75) is 31.4 Å². The number of nitrogens with one attached hydrogen (secondary N) is 1. The summed E-state index contributed by atoms with van der Waals surface area (Å²) in [5.41, 5.74) is 0.218. The number of alkyl halides is 2. The van der Waals surface area contributed by atoms with Crippen molar-refractivity contribution >= 4 is 21.7 Å². The molecule has 128 valence electrons. The Kier molecular flexibility index (Phi) is 6.20. The van der Waals surface area contributed by atoms with Gasteiger partial charge in [0.25, 0.3) is 5.91 Å². The number of sulfone groups is 1. The van der Waals surface area contributed by atoms with E-state index in [0.29, 0.717) is 0 Å². The molecule has 0 saturated carbocycles. The third kappa shape index (κ3) is 5.27. The number of aliphatic carboxylic acids is 1. The topological polar surface area (TPSA) is 101 Å². The highest BCUT2D eigenvalue weighted by Gasteiger charge is 2.25. The van der Waals surface area contributed by atoms with Crippen LogP contribution in [0.4, 0.5) is 8.78 Å². The van der Waals surface area contributed by atoms with Gasteiger partial charge in [-0.3, -0.25) is 4.79 Å². The molecule has 0 bridgehead atoms. The van der Waals surface area contributed by atoms with E-state index in [9.17, 15) is 26.8 Å². The first-order chi connectivity index (χ1) is 10.5. The normalized spacial score (nSPS) is 13.1. The Morgan fingerprint density at radius 1 is 1.17 bits per heavy atom. The molecule has 1 atom stereocenters. The number of amides is 1. The zero-order chi connectivity index (χ0) is 17.8. The Bertz CT molecular complexity index is 671. The molecular formula is C14H17F2NO5S. The van der Waals surface area contributed by atoms with Gasteiger partial charge >= 0.3 is 11.7 Å². The average molecular weight is 349 g/mol. The molecule has 23 heavy (non-hydrogen) atoms. The van der Waals surface area contributed by atoms with E-state index in [1.165, 1.54) is 24.3 Å². The summed E-state index contributed by atoms with van der Waals surface area (Å²) in [6.07, 6.45) is 0. The maximum atomic E-state index is 12.3. The van der Waals surface area contributed by atoms with E-state index in [4.69, 9.17) is 5.11 Å². The van der Waals surface area contributed by atoms with Crippen molar-refractivity contribution in [3.63, 3.8) is 0 Å². The van der Waals surface area contributed by atoms with Crippen LogP contribution in [0.15, 0.2) is 24.3 Å². The Morgan fingerprint density at radius 2 is 1.70 bits per heavy atom. The number of carboxylic acids is 1. The first-order valence-electron chi connectivity index (χ1n) is 6.67. The van der Waals surface area contributed by atoms with Crippen LogP contribution in [0.5, 0.6) is 0 Å². The summed E-state index contributed by atoms with van der Waals surface area (Å²) >= 11 is 0. The Morgan fingerprint density at radius 3 is 2.09 bits per heavy atom. The van der Waals surface area contributed by atoms with Crippen molar-refractivity contribution in [1.82, 2.24) is 5.32 Å². The summed E-state index contributed by atoms with van der Waals surface area (Å²) in [4.78, 5) is 23.0. The molecule has 0 aliphatic heterocycles. The number of hydrogen-bond donors (Lipinski definition) is 2. The van der Waals surface area contributed by atoms with Gasteiger partial charge in [0.15, 0.2) is 0 Å². The number of rotatable bonds is 7. The average Bonchev–Trinajstić information content (AvgIpc) is 2.44. The fourth-order valence-corrected chi connectivity index (χ4v) is 2.57. The number of carbonyl (C=O) groups is 2. The van der Waals surface area contributed by atoms with Crippen LogP contribution in [0.2, 0.25) is 0 Å². The van der Waals surface area contributed by atoms with Crippen molar-refractivity contribution < 1.29 is 31.9 Å². The first kappa shape index (κ1) is 19.0. The number of benzene rings is 1. The van der Waals surface area contributed by atoms with Crippen LogP contribution < -0.4 is 5.32 Å².